The molecule has 2 saturated heterocycles. The van der Waals surface area contributed by atoms with E-state index in [0.717, 1.165) is 64.1 Å². The standard InChI is InChI=1S/C17H24N6O.3C2HF3O2/c1-21-8-6-18-15(21)11-22-9-10-24-14-17(12-22)3-7-23(13-17)16-19-4-2-5-20-16;3*3-2(4,5)1(6)7/h2,4-6,8H,3,7,9-14H2,1H3;3*(H,6,7). The summed E-state index contributed by atoms with van der Waals surface area (Å²) in [7, 11) is 2.05. The van der Waals surface area contributed by atoms with Gasteiger partial charge in [-0.3, -0.25) is 4.90 Å². The molecule has 0 saturated carbocycles. The second-order valence-electron chi connectivity index (χ2n) is 9.35. The van der Waals surface area contributed by atoms with Crippen LogP contribution in [0.4, 0.5) is 45.5 Å². The summed E-state index contributed by atoms with van der Waals surface area (Å²) in [6.07, 6.45) is -6.65. The van der Waals surface area contributed by atoms with Crippen molar-refractivity contribution in [3.8, 4) is 0 Å². The third kappa shape index (κ3) is 14.0. The number of anilines is 1. The minimum absolute atomic E-state index is 0.154. The average molecular weight is 670 g/mol. The molecule has 0 radical (unpaired) electrons. The van der Waals surface area contributed by atoms with E-state index >= 15 is 0 Å². The van der Waals surface area contributed by atoms with Gasteiger partial charge in [-0.25, -0.2) is 29.3 Å². The molecule has 13 nitrogen and oxygen atoms in total. The summed E-state index contributed by atoms with van der Waals surface area (Å²) in [6, 6.07) is 1.86. The van der Waals surface area contributed by atoms with Gasteiger partial charge in [-0.05, 0) is 12.5 Å². The van der Waals surface area contributed by atoms with Crippen molar-refractivity contribution in [2.24, 2.45) is 12.5 Å². The van der Waals surface area contributed by atoms with Crippen LogP contribution in [0.5, 0.6) is 0 Å². The fraction of sp³-hybridized carbons (Fsp3) is 0.565. The van der Waals surface area contributed by atoms with Crippen LogP contribution in [0.15, 0.2) is 30.9 Å². The van der Waals surface area contributed by atoms with Crippen molar-refractivity contribution >= 4 is 23.9 Å². The van der Waals surface area contributed by atoms with E-state index in [1.54, 1.807) is 0 Å². The first kappa shape index (κ1) is 38.8. The number of aliphatic carboxylic acids is 3. The van der Waals surface area contributed by atoms with Gasteiger partial charge in [-0.2, -0.15) is 39.5 Å². The second-order valence-corrected chi connectivity index (χ2v) is 9.35. The minimum atomic E-state index is -5.08. The number of imidazole rings is 1. The summed E-state index contributed by atoms with van der Waals surface area (Å²) in [5, 5.41) is 21.4. The Morgan fingerprint density at radius 2 is 1.31 bits per heavy atom. The maximum absolute atomic E-state index is 10.6. The lowest BCUT2D eigenvalue weighted by Gasteiger charge is -2.31. The molecule has 45 heavy (non-hydrogen) atoms. The molecular formula is C23H27F9N6O7. The Morgan fingerprint density at radius 1 is 0.822 bits per heavy atom. The van der Waals surface area contributed by atoms with Gasteiger partial charge in [-0.15, -0.1) is 0 Å². The first-order chi connectivity index (χ1) is 20.6. The molecule has 1 unspecified atom stereocenters. The molecule has 254 valence electrons. The van der Waals surface area contributed by atoms with Gasteiger partial charge in [0.25, 0.3) is 0 Å². The van der Waals surface area contributed by atoms with Crippen molar-refractivity contribution in [3.63, 3.8) is 0 Å². The molecule has 0 amide bonds. The summed E-state index contributed by atoms with van der Waals surface area (Å²) < 4.78 is 103. The minimum Gasteiger partial charge on any atom is -0.475 e. The summed E-state index contributed by atoms with van der Waals surface area (Å²) >= 11 is 0. The first-order valence-corrected chi connectivity index (χ1v) is 12.3. The molecule has 0 aromatic carbocycles. The highest BCUT2D eigenvalue weighted by Gasteiger charge is 2.42. The summed E-state index contributed by atoms with van der Waals surface area (Å²) in [6.45, 7) is 6.40. The van der Waals surface area contributed by atoms with Crippen molar-refractivity contribution in [2.45, 2.75) is 31.5 Å². The van der Waals surface area contributed by atoms with E-state index in [9.17, 15) is 39.5 Å². The highest BCUT2D eigenvalue weighted by molar-refractivity contribution is 5.73. The van der Waals surface area contributed by atoms with Gasteiger partial charge in [0.2, 0.25) is 5.95 Å². The molecule has 2 aliphatic heterocycles. The summed E-state index contributed by atoms with van der Waals surface area (Å²) in [4.78, 5) is 44.7. The van der Waals surface area contributed by atoms with E-state index in [1.807, 2.05) is 30.9 Å². The molecule has 2 aliphatic rings. The Morgan fingerprint density at radius 3 is 1.73 bits per heavy atom. The SMILES string of the molecule is Cn1ccnc1CN1CCOCC2(CCN(c3ncccn3)C2)C1.O=C(O)C(F)(F)F.O=C(O)C(F)(F)F.O=C(O)C(F)(F)F. The summed E-state index contributed by atoms with van der Waals surface area (Å²) in [5.74, 6) is -6.34. The van der Waals surface area contributed by atoms with Gasteiger partial charge in [0.1, 0.15) is 5.82 Å². The largest absolute Gasteiger partial charge is 0.490 e. The number of aromatic nitrogens is 4. The topological polar surface area (TPSA) is 171 Å². The van der Waals surface area contributed by atoms with Gasteiger partial charge < -0.3 is 29.5 Å². The molecule has 2 aromatic rings. The zero-order valence-electron chi connectivity index (χ0n) is 23.1. The Labute approximate surface area is 247 Å². The molecule has 1 atom stereocenters. The number of carbonyl (C=O) groups is 3. The van der Waals surface area contributed by atoms with Crippen LogP contribution < -0.4 is 4.90 Å². The van der Waals surface area contributed by atoms with Crippen LogP contribution in [0, 0.1) is 5.41 Å². The highest BCUT2D eigenvalue weighted by atomic mass is 19.4. The number of carboxylic acid groups (broad SMARTS) is 3. The monoisotopic (exact) mass is 670 g/mol. The maximum Gasteiger partial charge on any atom is 0.490 e. The molecule has 3 N–H and O–H groups in total. The Balaban J connectivity index is 0.000000396. The van der Waals surface area contributed by atoms with Gasteiger partial charge in [-0.1, -0.05) is 0 Å². The van der Waals surface area contributed by atoms with E-state index in [0.29, 0.717) is 0 Å². The predicted octanol–water partition coefficient (Wildman–Crippen LogP) is 2.84. The molecule has 0 bridgehead atoms. The maximum atomic E-state index is 10.6. The highest BCUT2D eigenvalue weighted by Crippen LogP contribution is 2.35. The van der Waals surface area contributed by atoms with Gasteiger partial charge >= 0.3 is 36.4 Å². The number of rotatable bonds is 3. The third-order valence-corrected chi connectivity index (χ3v) is 5.81. The Hall–Kier alpha value is -4.21. The van der Waals surface area contributed by atoms with Crippen LogP contribution in [0.1, 0.15) is 12.2 Å². The lowest BCUT2D eigenvalue weighted by Crippen LogP contribution is -2.41. The van der Waals surface area contributed by atoms with Crippen molar-refractivity contribution in [3.05, 3.63) is 36.7 Å². The molecule has 0 aliphatic carbocycles. The van der Waals surface area contributed by atoms with Crippen LogP contribution in [-0.2, 0) is 32.7 Å². The molecule has 4 rings (SSSR count). The number of alkyl halides is 9. The number of aryl methyl sites for hydroxylation is 1. The predicted molar refractivity (Wildman–Crippen MR) is 132 cm³/mol. The summed E-state index contributed by atoms with van der Waals surface area (Å²) in [5.41, 5.74) is 0.154. The number of ether oxygens (including phenoxy) is 1. The van der Waals surface area contributed by atoms with Crippen molar-refractivity contribution in [1.29, 1.82) is 0 Å². The Bertz CT molecular complexity index is 1190. The quantitative estimate of drug-likeness (QED) is 0.409. The number of carboxylic acids is 3. The number of hydrogen-bond acceptors (Lipinski definition) is 9. The lowest BCUT2D eigenvalue weighted by molar-refractivity contribution is -0.193. The van der Waals surface area contributed by atoms with Crippen molar-refractivity contribution in [1.82, 2.24) is 24.4 Å². The van der Waals surface area contributed by atoms with Gasteiger partial charge in [0.15, 0.2) is 0 Å². The van der Waals surface area contributed by atoms with Crippen LogP contribution in [-0.4, -0.2) is 116 Å². The van der Waals surface area contributed by atoms with Gasteiger partial charge in [0.05, 0.1) is 19.8 Å². The lowest BCUT2D eigenvalue weighted by atomic mass is 9.87. The van der Waals surface area contributed by atoms with E-state index < -0.39 is 36.4 Å². The zero-order chi connectivity index (χ0) is 34.6. The number of hydrogen-bond donors (Lipinski definition) is 3. The van der Waals surface area contributed by atoms with Crippen LogP contribution in [0.25, 0.3) is 0 Å². The molecule has 1 spiro atoms. The third-order valence-electron chi connectivity index (χ3n) is 5.81. The molecular weight excluding hydrogens is 643 g/mol. The number of halogens is 9. The fourth-order valence-electron chi connectivity index (χ4n) is 3.77. The normalized spacial score (nSPS) is 18.8. The second kappa shape index (κ2) is 16.2. The van der Waals surface area contributed by atoms with E-state index in [2.05, 4.69) is 36.4 Å². The molecule has 2 fully saturated rings. The van der Waals surface area contributed by atoms with Crippen molar-refractivity contribution < 1.29 is 74.0 Å². The Kier molecular flexibility index (Phi) is 14.0. The first-order valence-electron chi connectivity index (χ1n) is 12.3. The molecule has 22 heteroatoms. The van der Waals surface area contributed by atoms with Crippen LogP contribution in [0.2, 0.25) is 0 Å². The van der Waals surface area contributed by atoms with Gasteiger partial charge in [0, 0.05) is 63.4 Å². The van der Waals surface area contributed by atoms with E-state index in [4.69, 9.17) is 34.4 Å². The van der Waals surface area contributed by atoms with E-state index in [-0.39, 0.29) is 5.41 Å². The van der Waals surface area contributed by atoms with Crippen LogP contribution >= 0.6 is 0 Å². The number of nitrogens with zero attached hydrogens (tertiary/aromatic N) is 6. The molecule has 2 aromatic heterocycles. The van der Waals surface area contributed by atoms with Crippen LogP contribution in [0.3, 0.4) is 0 Å². The molecule has 4 heterocycles. The van der Waals surface area contributed by atoms with Crippen molar-refractivity contribution in [2.75, 3.05) is 44.3 Å². The zero-order valence-corrected chi connectivity index (χ0v) is 23.1. The fourth-order valence-corrected chi connectivity index (χ4v) is 3.77. The average Bonchev–Trinajstić information content (AvgIpc) is 3.46. The smallest absolute Gasteiger partial charge is 0.475 e. The van der Waals surface area contributed by atoms with E-state index in [1.165, 1.54) is 0 Å².